The molecule has 0 aliphatic carbocycles. The van der Waals surface area contributed by atoms with E-state index in [1.54, 1.807) is 0 Å². The minimum Gasteiger partial charge on any atom is -0.0850 e. The van der Waals surface area contributed by atoms with Crippen molar-refractivity contribution in [3.63, 3.8) is 0 Å². The quantitative estimate of drug-likeness (QED) is 0.414. The molecule has 0 heterocycles. The minimum atomic E-state index is 1.09. The van der Waals surface area contributed by atoms with E-state index in [9.17, 15) is 0 Å². The van der Waals surface area contributed by atoms with Gasteiger partial charge >= 0.3 is 0 Å². The molecule has 3 aromatic carbocycles. The van der Waals surface area contributed by atoms with Gasteiger partial charge in [-0.3, -0.25) is 0 Å². The summed E-state index contributed by atoms with van der Waals surface area (Å²) in [6, 6.07) is 19.3. The predicted octanol–water partition coefficient (Wildman–Crippen LogP) is 5.40. The van der Waals surface area contributed by atoms with Crippen molar-refractivity contribution in [3.05, 3.63) is 66.7 Å². The van der Waals surface area contributed by atoms with Crippen LogP contribution in [0.1, 0.15) is 5.56 Å². The molecule has 0 spiro atoms. The second-order valence-corrected chi connectivity index (χ2v) is 5.43. The molecule has 0 saturated heterocycles. The molecule has 0 amide bonds. The van der Waals surface area contributed by atoms with Crippen molar-refractivity contribution < 1.29 is 0 Å². The van der Waals surface area contributed by atoms with Gasteiger partial charge < -0.3 is 0 Å². The Morgan fingerprint density at radius 2 is 1.47 bits per heavy atom. The SMILES string of the molecule is C=C(I)c1cccc2cc3ccccc3cc12. The van der Waals surface area contributed by atoms with Crippen LogP contribution >= 0.6 is 22.6 Å². The highest BCUT2D eigenvalue weighted by molar-refractivity contribution is 14.1. The van der Waals surface area contributed by atoms with Gasteiger partial charge in [-0.1, -0.05) is 49.0 Å². The Morgan fingerprint density at radius 3 is 2.18 bits per heavy atom. The number of rotatable bonds is 1. The molecule has 0 fully saturated rings. The van der Waals surface area contributed by atoms with Crippen molar-refractivity contribution in [1.29, 1.82) is 0 Å². The summed E-state index contributed by atoms with van der Waals surface area (Å²) in [5, 5.41) is 5.13. The first kappa shape index (κ1) is 10.8. The molecule has 0 nitrogen and oxygen atoms in total. The lowest BCUT2D eigenvalue weighted by atomic mass is 10.00. The molecular formula is C16H11I. The summed E-state index contributed by atoms with van der Waals surface area (Å²) in [7, 11) is 0. The Hall–Kier alpha value is -1.35. The normalized spacial score (nSPS) is 10.9. The van der Waals surface area contributed by atoms with Gasteiger partial charge in [0.05, 0.1) is 0 Å². The predicted molar refractivity (Wildman–Crippen MR) is 84.5 cm³/mol. The highest BCUT2D eigenvalue weighted by atomic mass is 127. The maximum Gasteiger partial charge on any atom is 0.0137 e. The van der Waals surface area contributed by atoms with E-state index < -0.39 is 0 Å². The zero-order chi connectivity index (χ0) is 11.8. The summed E-state index contributed by atoms with van der Waals surface area (Å²) in [5.41, 5.74) is 1.23. The Balaban J connectivity index is 2.47. The van der Waals surface area contributed by atoms with Crippen LogP contribution in [0.3, 0.4) is 0 Å². The molecule has 3 rings (SSSR count). The van der Waals surface area contributed by atoms with E-state index in [4.69, 9.17) is 0 Å². The lowest BCUT2D eigenvalue weighted by Crippen LogP contribution is -1.81. The first-order valence-corrected chi connectivity index (χ1v) is 6.60. The molecule has 0 aliphatic heterocycles. The monoisotopic (exact) mass is 330 g/mol. The molecule has 3 aromatic rings. The van der Waals surface area contributed by atoms with Crippen LogP contribution in [0.25, 0.3) is 25.1 Å². The first-order valence-electron chi connectivity index (χ1n) is 5.52. The fraction of sp³-hybridized carbons (Fsp3) is 0. The first-order chi connectivity index (χ1) is 8.25. The van der Waals surface area contributed by atoms with Gasteiger partial charge in [0.15, 0.2) is 0 Å². The Morgan fingerprint density at radius 1 is 0.824 bits per heavy atom. The number of halogens is 1. The van der Waals surface area contributed by atoms with Crippen molar-refractivity contribution in [2.45, 2.75) is 0 Å². The molecule has 1 heteroatoms. The molecule has 0 aliphatic rings. The second-order valence-electron chi connectivity index (χ2n) is 4.13. The summed E-state index contributed by atoms with van der Waals surface area (Å²) in [6.07, 6.45) is 0. The maximum atomic E-state index is 4.04. The van der Waals surface area contributed by atoms with Gasteiger partial charge in [0.1, 0.15) is 0 Å². The number of hydrogen-bond acceptors (Lipinski definition) is 0. The van der Waals surface area contributed by atoms with Gasteiger partial charge in [-0.15, -0.1) is 0 Å². The third-order valence-corrected chi connectivity index (χ3v) is 3.62. The smallest absolute Gasteiger partial charge is 0.0137 e. The second kappa shape index (κ2) is 4.15. The molecule has 0 atom stereocenters. The van der Waals surface area contributed by atoms with Crippen LogP contribution in [-0.2, 0) is 0 Å². The molecule has 0 saturated carbocycles. The highest BCUT2D eigenvalue weighted by Gasteiger charge is 2.03. The third-order valence-electron chi connectivity index (χ3n) is 3.04. The summed E-state index contributed by atoms with van der Waals surface area (Å²) >= 11 is 2.29. The van der Waals surface area contributed by atoms with Crippen molar-refractivity contribution in [3.8, 4) is 0 Å². The summed E-state index contributed by atoms with van der Waals surface area (Å²) < 4.78 is 1.09. The number of benzene rings is 3. The van der Waals surface area contributed by atoms with Crippen LogP contribution in [0.4, 0.5) is 0 Å². The lowest BCUT2D eigenvalue weighted by Gasteiger charge is -2.07. The van der Waals surface area contributed by atoms with Crippen LogP contribution in [0.15, 0.2) is 61.2 Å². The fourth-order valence-corrected chi connectivity index (χ4v) is 2.67. The third kappa shape index (κ3) is 1.84. The van der Waals surface area contributed by atoms with Crippen molar-refractivity contribution >= 4 is 47.7 Å². The van der Waals surface area contributed by atoms with E-state index in [1.165, 1.54) is 27.1 Å². The molecule has 0 bridgehead atoms. The van der Waals surface area contributed by atoms with Gasteiger partial charge in [-0.2, -0.15) is 0 Å². The van der Waals surface area contributed by atoms with Crippen LogP contribution < -0.4 is 0 Å². The van der Waals surface area contributed by atoms with E-state index >= 15 is 0 Å². The van der Waals surface area contributed by atoms with Gasteiger partial charge in [0.2, 0.25) is 0 Å². The van der Waals surface area contributed by atoms with Crippen molar-refractivity contribution in [2.75, 3.05) is 0 Å². The van der Waals surface area contributed by atoms with E-state index in [-0.39, 0.29) is 0 Å². The van der Waals surface area contributed by atoms with Gasteiger partial charge in [0.25, 0.3) is 0 Å². The molecule has 0 N–H and O–H groups in total. The van der Waals surface area contributed by atoms with Crippen molar-refractivity contribution in [1.82, 2.24) is 0 Å². The summed E-state index contributed by atoms with van der Waals surface area (Å²) in [6.45, 7) is 4.04. The lowest BCUT2D eigenvalue weighted by molar-refractivity contribution is 1.73. The van der Waals surface area contributed by atoms with E-state index in [1.807, 2.05) is 0 Å². The largest absolute Gasteiger partial charge is 0.0850 e. The zero-order valence-electron chi connectivity index (χ0n) is 9.28. The van der Waals surface area contributed by atoms with Gasteiger partial charge in [-0.05, 0) is 61.8 Å². The van der Waals surface area contributed by atoms with Crippen molar-refractivity contribution in [2.24, 2.45) is 0 Å². The average molecular weight is 330 g/mol. The highest BCUT2D eigenvalue weighted by Crippen LogP contribution is 2.30. The molecule has 0 aromatic heterocycles. The summed E-state index contributed by atoms with van der Waals surface area (Å²) in [4.78, 5) is 0. The average Bonchev–Trinajstić information content (AvgIpc) is 2.35. The van der Waals surface area contributed by atoms with E-state index in [2.05, 4.69) is 83.8 Å². The topological polar surface area (TPSA) is 0 Å². The number of hydrogen-bond donors (Lipinski definition) is 0. The van der Waals surface area contributed by atoms with E-state index in [0.29, 0.717) is 0 Å². The Bertz CT molecular complexity index is 726. The van der Waals surface area contributed by atoms with Crippen LogP contribution in [0.5, 0.6) is 0 Å². The van der Waals surface area contributed by atoms with Gasteiger partial charge in [0, 0.05) is 3.58 Å². The minimum absolute atomic E-state index is 1.09. The fourth-order valence-electron chi connectivity index (χ4n) is 2.20. The number of fused-ring (bicyclic) bond motifs is 2. The molecule has 0 radical (unpaired) electrons. The Labute approximate surface area is 114 Å². The van der Waals surface area contributed by atoms with Gasteiger partial charge in [-0.25, -0.2) is 0 Å². The van der Waals surface area contributed by atoms with E-state index in [0.717, 1.165) is 3.58 Å². The Kier molecular flexibility index (Phi) is 2.63. The van der Waals surface area contributed by atoms with Crippen LogP contribution in [0, 0.1) is 0 Å². The maximum absolute atomic E-state index is 4.04. The molecule has 17 heavy (non-hydrogen) atoms. The van der Waals surface area contributed by atoms with Crippen LogP contribution in [0.2, 0.25) is 0 Å². The molecule has 0 unspecified atom stereocenters. The standard InChI is InChI=1S/C16H11I/c1-11(17)15-8-4-7-14-9-12-5-2-3-6-13(12)10-16(14)15/h2-10H,1H2. The zero-order valence-corrected chi connectivity index (χ0v) is 11.4. The molecule has 82 valence electrons. The molecular weight excluding hydrogens is 319 g/mol. The van der Waals surface area contributed by atoms with Crippen LogP contribution in [-0.4, -0.2) is 0 Å². The summed E-state index contributed by atoms with van der Waals surface area (Å²) in [5.74, 6) is 0.